The first kappa shape index (κ1) is 13.0. The van der Waals surface area contributed by atoms with Gasteiger partial charge in [-0.2, -0.15) is 0 Å². The molecule has 0 N–H and O–H groups in total. The summed E-state index contributed by atoms with van der Waals surface area (Å²) in [6, 6.07) is 2.69. The number of nitrogens with zero attached hydrogens (tertiary/aromatic N) is 1. The van der Waals surface area contributed by atoms with E-state index in [0.717, 1.165) is 6.20 Å². The summed E-state index contributed by atoms with van der Waals surface area (Å²) in [5.41, 5.74) is 0.242. The lowest BCUT2D eigenvalue weighted by atomic mass is 10.2. The molecule has 2 aromatic rings. The Morgan fingerprint density at radius 2 is 2.00 bits per heavy atom. The lowest BCUT2D eigenvalue weighted by molar-refractivity contribution is 0.609. The molecule has 1 heterocycles. The molecule has 2 rings (SSSR count). The second-order valence-corrected chi connectivity index (χ2v) is 6.98. The van der Waals surface area contributed by atoms with E-state index < -0.39 is 19.8 Å². The van der Waals surface area contributed by atoms with E-state index in [1.54, 1.807) is 0 Å². The lowest BCUT2D eigenvalue weighted by Gasteiger charge is -2.05. The van der Waals surface area contributed by atoms with Gasteiger partial charge in [-0.15, -0.1) is 0 Å². The van der Waals surface area contributed by atoms with Crippen LogP contribution in [0.4, 0.5) is 4.39 Å². The Balaban J connectivity index is 2.95. The fourth-order valence-electron chi connectivity index (χ4n) is 1.36. The molecule has 0 radical (unpaired) electrons. The summed E-state index contributed by atoms with van der Waals surface area (Å²) in [5, 5.41) is -0.341. The molecule has 0 fully saturated rings. The fourth-order valence-corrected chi connectivity index (χ4v) is 3.28. The normalized spacial score (nSPS) is 12.0. The lowest BCUT2D eigenvalue weighted by Crippen LogP contribution is -1.96. The summed E-state index contributed by atoms with van der Waals surface area (Å²) < 4.78 is 36.5. The molecule has 0 saturated carbocycles. The van der Waals surface area contributed by atoms with E-state index in [0.29, 0.717) is 4.47 Å². The zero-order valence-corrected chi connectivity index (χ0v) is 11.8. The maximum Gasteiger partial charge on any atom is 0.264 e. The van der Waals surface area contributed by atoms with Crippen LogP contribution in [-0.2, 0) is 9.05 Å². The minimum absolute atomic E-state index is 0.0726. The predicted octanol–water partition coefficient (Wildman–Crippen LogP) is 3.72. The summed E-state index contributed by atoms with van der Waals surface area (Å²) in [6.45, 7) is 0. The van der Waals surface area contributed by atoms with Crippen molar-refractivity contribution in [3.05, 3.63) is 33.6 Å². The largest absolute Gasteiger partial charge is 0.264 e. The van der Waals surface area contributed by atoms with Gasteiger partial charge in [0.2, 0.25) is 0 Å². The van der Waals surface area contributed by atoms with Crippen LogP contribution < -0.4 is 0 Å². The van der Waals surface area contributed by atoms with E-state index in [9.17, 15) is 12.8 Å². The SMILES string of the molecule is O=S(=O)(Cl)c1cnc2cc(Br)cc(F)c2c1Cl. The first-order chi connectivity index (χ1) is 7.80. The third kappa shape index (κ3) is 2.40. The predicted molar refractivity (Wildman–Crippen MR) is 67.4 cm³/mol. The highest BCUT2D eigenvalue weighted by Gasteiger charge is 2.20. The minimum Gasteiger partial charge on any atom is -0.255 e. The average molecular weight is 359 g/mol. The number of aromatic nitrogens is 1. The third-order valence-electron chi connectivity index (χ3n) is 2.05. The zero-order valence-electron chi connectivity index (χ0n) is 7.92. The van der Waals surface area contributed by atoms with Gasteiger partial charge in [0, 0.05) is 21.4 Å². The standard InChI is InChI=1S/C9H3BrCl2FNO2S/c10-4-1-5(13)8-6(2-4)14-3-7(9(8)11)17(12,15)16/h1-3H. The van der Waals surface area contributed by atoms with Crippen molar-refractivity contribution in [2.45, 2.75) is 4.90 Å². The van der Waals surface area contributed by atoms with Gasteiger partial charge in [0.25, 0.3) is 9.05 Å². The Morgan fingerprint density at radius 1 is 1.35 bits per heavy atom. The molecular weight excluding hydrogens is 356 g/mol. The first-order valence-corrected chi connectivity index (χ1v) is 7.66. The average Bonchev–Trinajstić information content (AvgIpc) is 2.14. The number of fused-ring (bicyclic) bond motifs is 1. The van der Waals surface area contributed by atoms with Crippen LogP contribution in [-0.4, -0.2) is 13.4 Å². The summed E-state index contributed by atoms with van der Waals surface area (Å²) in [7, 11) is 1.11. The van der Waals surface area contributed by atoms with E-state index in [4.69, 9.17) is 22.3 Å². The Labute approximate surface area is 114 Å². The van der Waals surface area contributed by atoms with E-state index in [-0.39, 0.29) is 15.9 Å². The van der Waals surface area contributed by atoms with Crippen LogP contribution in [0.1, 0.15) is 0 Å². The maximum absolute atomic E-state index is 13.7. The van der Waals surface area contributed by atoms with Crippen molar-refractivity contribution < 1.29 is 12.8 Å². The van der Waals surface area contributed by atoms with Gasteiger partial charge in [-0.05, 0) is 12.1 Å². The van der Waals surface area contributed by atoms with Crippen molar-refractivity contribution >= 4 is 58.2 Å². The Kier molecular flexibility index (Phi) is 3.33. The van der Waals surface area contributed by atoms with Gasteiger partial charge in [-0.3, -0.25) is 4.98 Å². The molecule has 0 bridgehead atoms. The molecule has 90 valence electrons. The highest BCUT2D eigenvalue weighted by Crippen LogP contribution is 2.33. The smallest absolute Gasteiger partial charge is 0.255 e. The fraction of sp³-hybridized carbons (Fsp3) is 0. The Bertz CT molecular complexity index is 720. The van der Waals surface area contributed by atoms with Crippen molar-refractivity contribution in [3.63, 3.8) is 0 Å². The Hall–Kier alpha value is -0.430. The zero-order chi connectivity index (χ0) is 12.8. The number of rotatable bonds is 1. The highest BCUT2D eigenvalue weighted by atomic mass is 79.9. The van der Waals surface area contributed by atoms with Crippen molar-refractivity contribution in [1.82, 2.24) is 4.98 Å². The molecule has 0 atom stereocenters. The van der Waals surface area contributed by atoms with Crippen LogP contribution in [0.5, 0.6) is 0 Å². The van der Waals surface area contributed by atoms with E-state index in [1.807, 2.05) is 0 Å². The maximum atomic E-state index is 13.7. The number of halogens is 4. The van der Waals surface area contributed by atoms with Gasteiger partial charge in [0.15, 0.2) is 0 Å². The van der Waals surface area contributed by atoms with Crippen molar-refractivity contribution in [2.75, 3.05) is 0 Å². The van der Waals surface area contributed by atoms with Crippen molar-refractivity contribution in [1.29, 1.82) is 0 Å². The first-order valence-electron chi connectivity index (χ1n) is 4.18. The number of benzene rings is 1. The van der Waals surface area contributed by atoms with Gasteiger partial charge in [-0.25, -0.2) is 12.8 Å². The molecule has 0 spiro atoms. The molecule has 0 aliphatic heterocycles. The quantitative estimate of drug-likeness (QED) is 0.730. The van der Waals surface area contributed by atoms with Crippen molar-refractivity contribution in [2.24, 2.45) is 0 Å². The van der Waals surface area contributed by atoms with Crippen LogP contribution in [0.3, 0.4) is 0 Å². The van der Waals surface area contributed by atoms with Crippen LogP contribution in [0.15, 0.2) is 27.7 Å². The molecule has 1 aromatic carbocycles. The molecule has 17 heavy (non-hydrogen) atoms. The monoisotopic (exact) mass is 357 g/mol. The second kappa shape index (κ2) is 4.35. The van der Waals surface area contributed by atoms with Crippen LogP contribution in [0, 0.1) is 5.82 Å². The summed E-state index contributed by atoms with van der Waals surface area (Å²) in [5.74, 6) is -0.672. The molecule has 1 aromatic heterocycles. The van der Waals surface area contributed by atoms with Gasteiger partial charge in [0.1, 0.15) is 10.7 Å². The summed E-state index contributed by atoms with van der Waals surface area (Å²) >= 11 is 8.92. The van der Waals surface area contributed by atoms with Crippen molar-refractivity contribution in [3.8, 4) is 0 Å². The molecule has 0 unspecified atom stereocenters. The highest BCUT2D eigenvalue weighted by molar-refractivity contribution is 9.10. The molecule has 0 aliphatic carbocycles. The van der Waals surface area contributed by atoms with Gasteiger partial charge in [-0.1, -0.05) is 27.5 Å². The van der Waals surface area contributed by atoms with Crippen LogP contribution >= 0.6 is 38.2 Å². The topological polar surface area (TPSA) is 47.0 Å². The summed E-state index contributed by atoms with van der Waals surface area (Å²) in [4.78, 5) is 3.40. The van der Waals surface area contributed by atoms with Gasteiger partial charge < -0.3 is 0 Å². The molecule has 0 amide bonds. The van der Waals surface area contributed by atoms with Gasteiger partial charge in [0.05, 0.1) is 15.9 Å². The van der Waals surface area contributed by atoms with Gasteiger partial charge >= 0.3 is 0 Å². The van der Waals surface area contributed by atoms with Crippen LogP contribution in [0.25, 0.3) is 10.9 Å². The molecule has 0 aliphatic rings. The van der Waals surface area contributed by atoms with E-state index in [1.165, 1.54) is 12.1 Å². The van der Waals surface area contributed by atoms with Crippen LogP contribution in [0.2, 0.25) is 5.02 Å². The number of hydrogen-bond acceptors (Lipinski definition) is 3. The second-order valence-electron chi connectivity index (χ2n) is 3.16. The molecular formula is C9H3BrCl2FNO2S. The van der Waals surface area contributed by atoms with E-state index >= 15 is 0 Å². The number of hydrogen-bond donors (Lipinski definition) is 0. The van der Waals surface area contributed by atoms with E-state index in [2.05, 4.69) is 20.9 Å². The summed E-state index contributed by atoms with van der Waals surface area (Å²) in [6.07, 6.45) is 0.999. The number of pyridine rings is 1. The molecule has 3 nitrogen and oxygen atoms in total. The molecule has 8 heteroatoms. The Morgan fingerprint density at radius 3 is 2.59 bits per heavy atom. The third-order valence-corrected chi connectivity index (χ3v) is 4.35. The molecule has 0 saturated heterocycles. The minimum atomic E-state index is -4.05.